The number of hydrogen-bond acceptors (Lipinski definition) is 12. The Morgan fingerprint density at radius 2 is 0.729 bits per heavy atom. The van der Waals surface area contributed by atoms with Gasteiger partial charge in [-0.15, -0.1) is 0 Å². The van der Waals surface area contributed by atoms with Crippen molar-refractivity contribution in [1.29, 1.82) is 0 Å². The first-order chi connectivity index (χ1) is 22.5. The number of amides is 2. The molecule has 0 unspecified atom stereocenters. The molecule has 18 heteroatoms. The maximum atomic E-state index is 12.8. The number of hydrogen-bond donors (Lipinski definition) is 8. The molecule has 0 bridgehead atoms. The lowest BCUT2D eigenvalue weighted by molar-refractivity contribution is -0.116. The van der Waals surface area contributed by atoms with E-state index >= 15 is 0 Å². The number of hydrazone groups is 2. The SMILES string of the molecule is CC(=O)/C(=N/Nc1cc(C(=O)O)cc(C(=O)O)c1)C(=O)Nc1ccc(NC(=O)/C(=N\Nc2cc(C(=O)O)cc(C(=O)O)c2)C(C)=O)cc1. The normalized spacial score (nSPS) is 11.1. The van der Waals surface area contributed by atoms with E-state index in [-0.39, 0.29) is 45.0 Å². The number of carbonyl (C=O) groups is 8. The first kappa shape index (κ1) is 35.2. The van der Waals surface area contributed by atoms with Crippen LogP contribution in [0, 0.1) is 0 Å². The highest BCUT2D eigenvalue weighted by molar-refractivity contribution is 6.67. The molecule has 0 heterocycles. The molecule has 0 radical (unpaired) electrons. The second-order valence-electron chi connectivity index (χ2n) is 9.56. The first-order valence-corrected chi connectivity index (χ1v) is 13.2. The molecule has 3 rings (SSSR count). The Kier molecular flexibility index (Phi) is 11.1. The predicted molar refractivity (Wildman–Crippen MR) is 168 cm³/mol. The topological polar surface area (TPSA) is 290 Å². The van der Waals surface area contributed by atoms with Crippen molar-refractivity contribution in [2.24, 2.45) is 10.2 Å². The number of rotatable bonds is 14. The van der Waals surface area contributed by atoms with Gasteiger partial charge in [-0.1, -0.05) is 0 Å². The molecule has 0 aromatic heterocycles. The maximum Gasteiger partial charge on any atom is 0.335 e. The summed E-state index contributed by atoms with van der Waals surface area (Å²) in [5.74, 6) is -9.26. The van der Waals surface area contributed by atoms with E-state index in [9.17, 15) is 58.8 Å². The molecule has 0 aliphatic rings. The average Bonchev–Trinajstić information content (AvgIpc) is 3.01. The smallest absolute Gasteiger partial charge is 0.335 e. The molecule has 3 aromatic rings. The van der Waals surface area contributed by atoms with Gasteiger partial charge in [0.2, 0.25) is 0 Å². The van der Waals surface area contributed by atoms with Crippen LogP contribution in [-0.4, -0.2) is 79.1 Å². The highest BCUT2D eigenvalue weighted by Crippen LogP contribution is 2.18. The second kappa shape index (κ2) is 15.2. The van der Waals surface area contributed by atoms with Crippen LogP contribution in [0.4, 0.5) is 22.7 Å². The van der Waals surface area contributed by atoms with Crippen LogP contribution in [0.1, 0.15) is 55.3 Å². The lowest BCUT2D eigenvalue weighted by Gasteiger charge is -2.10. The van der Waals surface area contributed by atoms with Crippen molar-refractivity contribution in [3.05, 3.63) is 82.9 Å². The summed E-state index contributed by atoms with van der Waals surface area (Å²) in [4.78, 5) is 95.0. The average molecular weight is 661 g/mol. The molecule has 246 valence electrons. The number of ketones is 2. The lowest BCUT2D eigenvalue weighted by atomic mass is 10.1. The van der Waals surface area contributed by atoms with Gasteiger partial charge < -0.3 is 31.1 Å². The molecule has 0 saturated heterocycles. The minimum atomic E-state index is -1.42. The minimum Gasteiger partial charge on any atom is -0.478 e. The van der Waals surface area contributed by atoms with E-state index in [1.165, 1.54) is 24.3 Å². The molecular weight excluding hydrogens is 636 g/mol. The number of aromatic carboxylic acids is 4. The van der Waals surface area contributed by atoms with E-state index in [4.69, 9.17) is 0 Å². The van der Waals surface area contributed by atoms with Crippen molar-refractivity contribution >= 4 is 81.4 Å². The Morgan fingerprint density at radius 3 is 0.958 bits per heavy atom. The molecule has 48 heavy (non-hydrogen) atoms. The van der Waals surface area contributed by atoms with Crippen LogP contribution < -0.4 is 21.5 Å². The number of carboxylic acids is 4. The molecular formula is C30H24N6O12. The van der Waals surface area contributed by atoms with Crippen molar-refractivity contribution in [3.63, 3.8) is 0 Å². The molecule has 0 aliphatic heterocycles. The fraction of sp³-hybridized carbons (Fsp3) is 0.0667. The molecule has 0 spiro atoms. The Hall–Kier alpha value is -7.24. The number of Topliss-reactive ketones (excluding diaryl/α,β-unsaturated/α-hetero) is 2. The third-order valence-corrected chi connectivity index (χ3v) is 5.95. The number of nitrogens with one attached hydrogen (secondary N) is 4. The molecule has 18 nitrogen and oxygen atoms in total. The zero-order chi connectivity index (χ0) is 35.7. The Morgan fingerprint density at radius 1 is 0.458 bits per heavy atom. The summed E-state index contributed by atoms with van der Waals surface area (Å²) in [5.41, 5.74) is 1.79. The number of carbonyl (C=O) groups excluding carboxylic acids is 4. The summed E-state index contributed by atoms with van der Waals surface area (Å²) in [6.45, 7) is 2.07. The summed E-state index contributed by atoms with van der Waals surface area (Å²) in [5, 5.41) is 49.1. The van der Waals surface area contributed by atoms with E-state index in [1.807, 2.05) is 0 Å². The van der Waals surface area contributed by atoms with E-state index in [0.717, 1.165) is 50.2 Å². The standard InChI is InChI=1S/C30H24N6O12/c1-13(37)23(35-33-21-9-15(27(41)42)7-16(10-21)28(43)44)25(39)31-19-3-5-20(6-4-19)32-26(40)24(14(2)38)36-34-22-11-17(29(45)46)8-18(12-22)30(47)48/h3-12,33-34H,1-2H3,(H,31,39)(H,32,40)(H,41,42)(H,43,44)(H,45,46)(H,47,48)/b35-23-,36-24-. The molecule has 0 fully saturated rings. The van der Waals surface area contributed by atoms with Gasteiger partial charge in [-0.3, -0.25) is 30.0 Å². The number of anilines is 4. The maximum absolute atomic E-state index is 12.8. The van der Waals surface area contributed by atoms with Crippen molar-refractivity contribution in [3.8, 4) is 0 Å². The Balaban J connectivity index is 1.73. The van der Waals surface area contributed by atoms with Gasteiger partial charge in [0, 0.05) is 25.2 Å². The van der Waals surface area contributed by atoms with Crippen LogP contribution in [0.5, 0.6) is 0 Å². The van der Waals surface area contributed by atoms with Crippen LogP contribution in [0.3, 0.4) is 0 Å². The van der Waals surface area contributed by atoms with E-state index in [0.29, 0.717) is 0 Å². The van der Waals surface area contributed by atoms with Crippen molar-refractivity contribution < 1.29 is 58.8 Å². The fourth-order valence-corrected chi connectivity index (χ4v) is 3.72. The Labute approximate surface area is 268 Å². The van der Waals surface area contributed by atoms with Crippen LogP contribution in [-0.2, 0) is 19.2 Å². The molecule has 2 amide bonds. The highest BCUT2D eigenvalue weighted by Gasteiger charge is 2.20. The number of benzene rings is 3. The van der Waals surface area contributed by atoms with E-state index in [2.05, 4.69) is 31.7 Å². The van der Waals surface area contributed by atoms with Crippen LogP contribution in [0.2, 0.25) is 0 Å². The number of carboxylic acid groups (broad SMARTS) is 4. The van der Waals surface area contributed by atoms with Gasteiger partial charge in [-0.25, -0.2) is 19.2 Å². The van der Waals surface area contributed by atoms with Gasteiger partial charge >= 0.3 is 23.9 Å². The lowest BCUT2D eigenvalue weighted by Crippen LogP contribution is -2.30. The summed E-state index contributed by atoms with van der Waals surface area (Å²) >= 11 is 0. The van der Waals surface area contributed by atoms with Crippen molar-refractivity contribution in [2.45, 2.75) is 13.8 Å². The van der Waals surface area contributed by atoms with Crippen molar-refractivity contribution in [1.82, 2.24) is 0 Å². The van der Waals surface area contributed by atoms with E-state index in [1.54, 1.807) is 0 Å². The zero-order valence-electron chi connectivity index (χ0n) is 24.7. The van der Waals surface area contributed by atoms with Crippen LogP contribution in [0.25, 0.3) is 0 Å². The van der Waals surface area contributed by atoms with Gasteiger partial charge in [-0.2, -0.15) is 10.2 Å². The van der Waals surface area contributed by atoms with Crippen molar-refractivity contribution in [2.75, 3.05) is 21.5 Å². The largest absolute Gasteiger partial charge is 0.478 e. The third-order valence-electron chi connectivity index (χ3n) is 5.95. The summed E-state index contributed by atoms with van der Waals surface area (Å²) in [6.07, 6.45) is 0. The summed E-state index contributed by atoms with van der Waals surface area (Å²) < 4.78 is 0. The van der Waals surface area contributed by atoms with Crippen LogP contribution >= 0.6 is 0 Å². The molecule has 3 aromatic carbocycles. The van der Waals surface area contributed by atoms with Gasteiger partial charge in [0.25, 0.3) is 11.8 Å². The van der Waals surface area contributed by atoms with E-state index < -0.39 is 58.7 Å². The minimum absolute atomic E-state index is 0.124. The monoisotopic (exact) mass is 660 g/mol. The molecule has 8 N–H and O–H groups in total. The van der Waals surface area contributed by atoms with Gasteiger partial charge in [-0.05, 0) is 60.7 Å². The molecule has 0 aliphatic carbocycles. The molecule has 0 saturated carbocycles. The molecule has 0 atom stereocenters. The fourth-order valence-electron chi connectivity index (χ4n) is 3.72. The summed E-state index contributed by atoms with van der Waals surface area (Å²) in [7, 11) is 0. The van der Waals surface area contributed by atoms with Gasteiger partial charge in [0.1, 0.15) is 0 Å². The quantitative estimate of drug-likeness (QED) is 0.0700. The Bertz CT molecular complexity index is 1730. The third kappa shape index (κ3) is 9.38. The number of nitrogens with zero attached hydrogens (tertiary/aromatic N) is 2. The summed E-state index contributed by atoms with van der Waals surface area (Å²) in [6, 6.07) is 11.3. The second-order valence-corrected chi connectivity index (χ2v) is 9.56. The van der Waals surface area contributed by atoms with Gasteiger partial charge in [0.05, 0.1) is 33.6 Å². The first-order valence-electron chi connectivity index (χ1n) is 13.2. The van der Waals surface area contributed by atoms with Crippen LogP contribution in [0.15, 0.2) is 70.9 Å². The highest BCUT2D eigenvalue weighted by atomic mass is 16.4. The zero-order valence-corrected chi connectivity index (χ0v) is 24.7. The van der Waals surface area contributed by atoms with Gasteiger partial charge in [0.15, 0.2) is 23.0 Å². The predicted octanol–water partition coefficient (Wildman–Crippen LogP) is 2.47.